The fraction of sp³-hybridized carbons (Fsp3) is 0.312. The standard InChI is InChI=1S/C32H35N7O2S/c1-20(2)39-19-36-29-31(37-30(38-32(29)39)25-18-42-27-9-6-5-8-23(25)27)34-15-13-21-17-35-26-12-11-22(16-24(21)26)41-28(40)10-4-3-7-14-33/h5-6,8-9,11-12,16-20,35H,3-4,7,10,13-15,33H2,1-2H3,(H,34,37,38). The zero-order valence-corrected chi connectivity index (χ0v) is 24.7. The molecule has 216 valence electrons. The van der Waals surface area contributed by atoms with Crippen LogP contribution in [0.4, 0.5) is 5.82 Å². The lowest BCUT2D eigenvalue weighted by Crippen LogP contribution is -2.09. The Hall–Kier alpha value is -4.28. The van der Waals surface area contributed by atoms with Crippen molar-refractivity contribution in [1.82, 2.24) is 24.5 Å². The highest BCUT2D eigenvalue weighted by Gasteiger charge is 2.18. The van der Waals surface area contributed by atoms with Crippen molar-refractivity contribution in [1.29, 1.82) is 0 Å². The first-order chi connectivity index (χ1) is 20.5. The van der Waals surface area contributed by atoms with E-state index in [1.165, 1.54) is 4.70 Å². The van der Waals surface area contributed by atoms with Crippen molar-refractivity contribution >= 4 is 55.3 Å². The summed E-state index contributed by atoms with van der Waals surface area (Å²) < 4.78 is 8.92. The molecule has 0 fully saturated rings. The molecule has 0 bridgehead atoms. The number of unbranched alkanes of at least 4 members (excludes halogenated alkanes) is 2. The molecule has 6 aromatic rings. The Labute approximate surface area is 248 Å². The van der Waals surface area contributed by atoms with Gasteiger partial charge in [0, 0.05) is 57.1 Å². The molecule has 0 amide bonds. The molecule has 0 aliphatic carbocycles. The summed E-state index contributed by atoms with van der Waals surface area (Å²) in [5.74, 6) is 1.75. The number of anilines is 1. The predicted octanol–water partition coefficient (Wildman–Crippen LogP) is 6.85. The van der Waals surface area contributed by atoms with Crippen LogP contribution in [0.15, 0.2) is 60.4 Å². The molecule has 4 aromatic heterocycles. The van der Waals surface area contributed by atoms with Gasteiger partial charge >= 0.3 is 5.97 Å². The number of fused-ring (bicyclic) bond motifs is 3. The van der Waals surface area contributed by atoms with Crippen molar-refractivity contribution in [2.45, 2.75) is 52.0 Å². The monoisotopic (exact) mass is 581 g/mol. The summed E-state index contributed by atoms with van der Waals surface area (Å²) in [7, 11) is 0. The number of carbonyl (C=O) groups excluding carboxylic acids is 1. The first kappa shape index (κ1) is 27.9. The van der Waals surface area contributed by atoms with Crippen LogP contribution >= 0.6 is 11.3 Å². The Bertz CT molecular complexity index is 1850. The highest BCUT2D eigenvalue weighted by Crippen LogP contribution is 2.34. The Morgan fingerprint density at radius 1 is 1.12 bits per heavy atom. The zero-order chi connectivity index (χ0) is 29.1. The van der Waals surface area contributed by atoms with E-state index in [0.717, 1.165) is 64.3 Å². The van der Waals surface area contributed by atoms with Crippen LogP contribution in [0.5, 0.6) is 5.75 Å². The topological polar surface area (TPSA) is 124 Å². The first-order valence-electron chi connectivity index (χ1n) is 14.5. The number of hydrogen-bond acceptors (Lipinski definition) is 8. The van der Waals surface area contributed by atoms with E-state index in [1.807, 2.05) is 36.8 Å². The van der Waals surface area contributed by atoms with Gasteiger partial charge in [-0.2, -0.15) is 0 Å². The van der Waals surface area contributed by atoms with E-state index in [0.29, 0.717) is 36.9 Å². The second kappa shape index (κ2) is 12.3. The number of nitrogens with one attached hydrogen (secondary N) is 2. The number of esters is 1. The minimum Gasteiger partial charge on any atom is -0.427 e. The smallest absolute Gasteiger partial charge is 0.311 e. The second-order valence-electron chi connectivity index (χ2n) is 10.7. The highest BCUT2D eigenvalue weighted by atomic mass is 32.1. The molecule has 42 heavy (non-hydrogen) atoms. The molecule has 2 aromatic carbocycles. The lowest BCUT2D eigenvalue weighted by Gasteiger charge is -2.11. The van der Waals surface area contributed by atoms with Crippen molar-refractivity contribution in [3.8, 4) is 17.1 Å². The molecule has 0 atom stereocenters. The van der Waals surface area contributed by atoms with Crippen LogP contribution in [-0.2, 0) is 11.2 Å². The number of thiophene rings is 1. The van der Waals surface area contributed by atoms with E-state index >= 15 is 0 Å². The zero-order valence-electron chi connectivity index (χ0n) is 23.9. The van der Waals surface area contributed by atoms with Crippen molar-refractivity contribution in [3.63, 3.8) is 0 Å². The van der Waals surface area contributed by atoms with Crippen LogP contribution < -0.4 is 15.8 Å². The first-order valence-corrected chi connectivity index (χ1v) is 15.4. The van der Waals surface area contributed by atoms with Gasteiger partial charge in [-0.25, -0.2) is 15.0 Å². The molecule has 0 aliphatic rings. The molecule has 9 nitrogen and oxygen atoms in total. The van der Waals surface area contributed by atoms with Crippen LogP contribution in [0.2, 0.25) is 0 Å². The van der Waals surface area contributed by atoms with Gasteiger partial charge in [-0.05, 0) is 69.5 Å². The molecule has 0 saturated heterocycles. The van der Waals surface area contributed by atoms with E-state index in [2.05, 4.69) is 57.3 Å². The molecule has 6 rings (SSSR count). The third-order valence-corrected chi connectivity index (χ3v) is 8.41. The third-order valence-electron chi connectivity index (χ3n) is 7.44. The largest absolute Gasteiger partial charge is 0.427 e. The maximum Gasteiger partial charge on any atom is 0.311 e. The van der Waals surface area contributed by atoms with Gasteiger partial charge in [-0.1, -0.05) is 24.6 Å². The van der Waals surface area contributed by atoms with E-state index in [9.17, 15) is 4.79 Å². The predicted molar refractivity (Wildman–Crippen MR) is 170 cm³/mol. The third kappa shape index (κ3) is 5.73. The molecule has 10 heteroatoms. The van der Waals surface area contributed by atoms with Crippen LogP contribution in [-0.4, -0.2) is 43.6 Å². The van der Waals surface area contributed by atoms with E-state index in [-0.39, 0.29) is 12.0 Å². The molecule has 4 N–H and O–H groups in total. The molecule has 0 radical (unpaired) electrons. The molecule has 0 aliphatic heterocycles. The van der Waals surface area contributed by atoms with Crippen molar-refractivity contribution in [3.05, 3.63) is 65.9 Å². The van der Waals surface area contributed by atoms with Crippen LogP contribution in [0.3, 0.4) is 0 Å². The highest BCUT2D eigenvalue weighted by molar-refractivity contribution is 7.17. The number of imidazole rings is 1. The average Bonchev–Trinajstić information content (AvgIpc) is 3.72. The van der Waals surface area contributed by atoms with Crippen LogP contribution in [0.25, 0.3) is 43.5 Å². The number of benzene rings is 2. The summed E-state index contributed by atoms with van der Waals surface area (Å²) in [5.41, 5.74) is 10.3. The van der Waals surface area contributed by atoms with Gasteiger partial charge in [0.25, 0.3) is 0 Å². The normalized spacial score (nSPS) is 11.7. The molecule has 0 spiro atoms. The number of aromatic nitrogens is 5. The number of aromatic amines is 1. The fourth-order valence-corrected chi connectivity index (χ4v) is 6.14. The number of hydrogen-bond donors (Lipinski definition) is 3. The second-order valence-corrected chi connectivity index (χ2v) is 11.6. The van der Waals surface area contributed by atoms with E-state index in [4.69, 9.17) is 20.4 Å². The van der Waals surface area contributed by atoms with Gasteiger partial charge in [0.15, 0.2) is 17.3 Å². The van der Waals surface area contributed by atoms with Gasteiger partial charge < -0.3 is 25.3 Å². The minimum absolute atomic E-state index is 0.213. The molecule has 0 unspecified atom stereocenters. The average molecular weight is 582 g/mol. The van der Waals surface area contributed by atoms with Crippen molar-refractivity contribution in [2.24, 2.45) is 5.73 Å². The lowest BCUT2D eigenvalue weighted by molar-refractivity contribution is -0.134. The SMILES string of the molecule is CC(C)n1cnc2c(NCCc3c[nH]c4ccc(OC(=O)CCCCCN)cc34)nc(-c3csc4ccccc34)nc21. The summed E-state index contributed by atoms with van der Waals surface area (Å²) in [4.78, 5) is 30.3. The van der Waals surface area contributed by atoms with Crippen LogP contribution in [0, 0.1) is 0 Å². The summed E-state index contributed by atoms with van der Waals surface area (Å²) in [6.45, 7) is 5.54. The van der Waals surface area contributed by atoms with Crippen molar-refractivity contribution in [2.75, 3.05) is 18.4 Å². The summed E-state index contributed by atoms with van der Waals surface area (Å²) >= 11 is 1.70. The summed E-state index contributed by atoms with van der Waals surface area (Å²) in [6, 6.07) is 14.3. The van der Waals surface area contributed by atoms with E-state index < -0.39 is 0 Å². The Kier molecular flexibility index (Phi) is 8.16. The maximum atomic E-state index is 12.3. The summed E-state index contributed by atoms with van der Waals surface area (Å²) in [6.07, 6.45) is 7.62. The number of ether oxygens (including phenoxy) is 1. The van der Waals surface area contributed by atoms with E-state index in [1.54, 1.807) is 11.3 Å². The molecule has 0 saturated carbocycles. The fourth-order valence-electron chi connectivity index (χ4n) is 5.21. The number of carbonyl (C=O) groups is 1. The molecular formula is C32H35N7O2S. The van der Waals surface area contributed by atoms with Crippen LogP contribution in [0.1, 0.15) is 51.1 Å². The Morgan fingerprint density at radius 3 is 2.86 bits per heavy atom. The van der Waals surface area contributed by atoms with Gasteiger partial charge in [-0.15, -0.1) is 11.3 Å². The van der Waals surface area contributed by atoms with Gasteiger partial charge in [-0.3, -0.25) is 4.79 Å². The minimum atomic E-state index is -0.215. The number of nitrogens with zero attached hydrogens (tertiary/aromatic N) is 4. The number of H-pyrrole nitrogens is 1. The molecular weight excluding hydrogens is 546 g/mol. The lowest BCUT2D eigenvalue weighted by atomic mass is 10.1. The Balaban J connectivity index is 1.22. The number of nitrogens with two attached hydrogens (primary N) is 1. The quantitative estimate of drug-likeness (QED) is 0.0820. The van der Waals surface area contributed by atoms with Crippen molar-refractivity contribution < 1.29 is 9.53 Å². The summed E-state index contributed by atoms with van der Waals surface area (Å²) in [5, 5.41) is 7.85. The number of rotatable bonds is 12. The van der Waals surface area contributed by atoms with Gasteiger partial charge in [0.05, 0.1) is 6.33 Å². The maximum absolute atomic E-state index is 12.3. The Morgan fingerprint density at radius 2 is 2.00 bits per heavy atom. The van der Waals surface area contributed by atoms with Gasteiger partial charge in [0.1, 0.15) is 11.3 Å². The van der Waals surface area contributed by atoms with Gasteiger partial charge in [0.2, 0.25) is 0 Å². The molecule has 4 heterocycles.